The van der Waals surface area contributed by atoms with Gasteiger partial charge in [0.2, 0.25) is 5.91 Å². The first-order chi connectivity index (χ1) is 13.6. The van der Waals surface area contributed by atoms with Crippen molar-refractivity contribution in [2.24, 2.45) is 0 Å². The van der Waals surface area contributed by atoms with Gasteiger partial charge in [-0.2, -0.15) is 0 Å². The maximum Gasteiger partial charge on any atom is 0.251 e. The van der Waals surface area contributed by atoms with E-state index < -0.39 is 0 Å². The van der Waals surface area contributed by atoms with Crippen molar-refractivity contribution in [2.45, 2.75) is 19.4 Å². The minimum absolute atomic E-state index is 0.0336. The Labute approximate surface area is 163 Å². The highest BCUT2D eigenvalue weighted by molar-refractivity contribution is 5.99. The van der Waals surface area contributed by atoms with E-state index in [9.17, 15) is 9.59 Å². The lowest BCUT2D eigenvalue weighted by molar-refractivity contribution is -0.117. The molecular weight excluding hydrogens is 360 g/mol. The molecule has 1 saturated heterocycles. The Kier molecular flexibility index (Phi) is 5.06. The monoisotopic (exact) mass is 382 g/mol. The van der Waals surface area contributed by atoms with Crippen LogP contribution in [0.2, 0.25) is 0 Å². The highest BCUT2D eigenvalue weighted by atomic mass is 16.6. The maximum absolute atomic E-state index is 12.5. The second-order valence-corrected chi connectivity index (χ2v) is 6.66. The number of carbonyl (C=O) groups excluding carboxylic acids is 2. The molecule has 1 N–H and O–H groups in total. The fourth-order valence-electron chi connectivity index (χ4n) is 3.39. The van der Waals surface area contributed by atoms with Crippen LogP contribution in [0.15, 0.2) is 42.5 Å². The zero-order valence-electron chi connectivity index (χ0n) is 15.6. The smallest absolute Gasteiger partial charge is 0.251 e. The highest BCUT2D eigenvalue weighted by Crippen LogP contribution is 2.35. The van der Waals surface area contributed by atoms with E-state index in [0.717, 1.165) is 11.4 Å². The number of hydrogen-bond donors (Lipinski definition) is 1. The van der Waals surface area contributed by atoms with Crippen LogP contribution < -0.4 is 24.4 Å². The molecule has 1 atom stereocenters. The van der Waals surface area contributed by atoms with Crippen LogP contribution in [0.1, 0.15) is 23.7 Å². The van der Waals surface area contributed by atoms with Crippen LogP contribution in [-0.2, 0) is 4.79 Å². The Morgan fingerprint density at radius 2 is 1.89 bits per heavy atom. The molecule has 0 spiro atoms. The summed E-state index contributed by atoms with van der Waals surface area (Å²) in [7, 11) is 0. The molecule has 2 amide bonds. The fraction of sp³-hybridized carbons (Fsp3) is 0.333. The average Bonchev–Trinajstić information content (AvgIpc) is 3.08. The third-order valence-electron chi connectivity index (χ3n) is 4.73. The van der Waals surface area contributed by atoms with Crippen LogP contribution in [0.4, 0.5) is 5.69 Å². The fourth-order valence-corrected chi connectivity index (χ4v) is 3.39. The predicted molar refractivity (Wildman–Crippen MR) is 103 cm³/mol. The summed E-state index contributed by atoms with van der Waals surface area (Å²) in [6.07, 6.45) is 0.261. The van der Waals surface area contributed by atoms with Gasteiger partial charge < -0.3 is 24.4 Å². The normalized spacial score (nSPS) is 18.1. The zero-order valence-corrected chi connectivity index (χ0v) is 15.6. The predicted octanol–water partition coefficient (Wildman–Crippen LogP) is 2.39. The Bertz CT molecular complexity index is 881. The lowest BCUT2D eigenvalue weighted by atomic mass is 10.2. The lowest BCUT2D eigenvalue weighted by Crippen LogP contribution is -2.37. The molecule has 28 heavy (non-hydrogen) atoms. The standard InChI is InChI=1S/C21H22N2O5/c1-2-26-17-6-3-14(4-7-17)21(25)22-15-11-20(24)23(13-15)16-5-8-18-19(12-16)28-10-9-27-18/h3-8,12,15H,2,9-11,13H2,1H3,(H,22,25)/t15-/m0/s1. The molecule has 2 heterocycles. The van der Waals surface area contributed by atoms with Crippen molar-refractivity contribution < 1.29 is 23.8 Å². The topological polar surface area (TPSA) is 77.1 Å². The van der Waals surface area contributed by atoms with E-state index in [1.807, 2.05) is 25.1 Å². The minimum atomic E-state index is -0.250. The van der Waals surface area contributed by atoms with E-state index in [2.05, 4.69) is 5.32 Å². The van der Waals surface area contributed by atoms with Crippen LogP contribution in [-0.4, -0.2) is 44.2 Å². The number of ether oxygens (including phenoxy) is 3. The quantitative estimate of drug-likeness (QED) is 0.859. The first-order valence-corrected chi connectivity index (χ1v) is 9.38. The number of nitrogens with zero attached hydrogens (tertiary/aromatic N) is 1. The summed E-state index contributed by atoms with van der Waals surface area (Å²) in [4.78, 5) is 26.6. The Balaban J connectivity index is 1.41. The molecule has 0 aliphatic carbocycles. The van der Waals surface area contributed by atoms with Crippen LogP contribution in [0, 0.1) is 0 Å². The summed E-state index contributed by atoms with van der Waals surface area (Å²) < 4.78 is 16.5. The molecule has 0 radical (unpaired) electrons. The maximum atomic E-state index is 12.5. The number of nitrogens with one attached hydrogen (secondary N) is 1. The largest absolute Gasteiger partial charge is 0.494 e. The van der Waals surface area contributed by atoms with Gasteiger partial charge in [0.05, 0.1) is 12.6 Å². The van der Waals surface area contributed by atoms with Gasteiger partial charge in [-0.3, -0.25) is 9.59 Å². The first kappa shape index (κ1) is 18.2. The van der Waals surface area contributed by atoms with Crippen molar-refractivity contribution in [3.8, 4) is 17.2 Å². The van der Waals surface area contributed by atoms with Crippen molar-refractivity contribution in [1.82, 2.24) is 5.32 Å². The third-order valence-corrected chi connectivity index (χ3v) is 4.73. The molecule has 2 aliphatic rings. The molecule has 0 saturated carbocycles. The van der Waals surface area contributed by atoms with Crippen molar-refractivity contribution in [1.29, 1.82) is 0 Å². The van der Waals surface area contributed by atoms with Crippen molar-refractivity contribution >= 4 is 17.5 Å². The van der Waals surface area contributed by atoms with Crippen LogP contribution in [0.25, 0.3) is 0 Å². The third kappa shape index (κ3) is 3.74. The number of anilines is 1. The lowest BCUT2D eigenvalue weighted by Gasteiger charge is -2.22. The summed E-state index contributed by atoms with van der Waals surface area (Å²) in [6, 6.07) is 12.2. The summed E-state index contributed by atoms with van der Waals surface area (Å²) >= 11 is 0. The van der Waals surface area contributed by atoms with Crippen molar-refractivity contribution in [2.75, 3.05) is 31.3 Å². The van der Waals surface area contributed by atoms with E-state index in [4.69, 9.17) is 14.2 Å². The van der Waals surface area contributed by atoms with Crippen molar-refractivity contribution in [3.05, 3.63) is 48.0 Å². The van der Waals surface area contributed by atoms with E-state index in [1.54, 1.807) is 29.2 Å². The minimum Gasteiger partial charge on any atom is -0.494 e. The summed E-state index contributed by atoms with van der Waals surface area (Å²) in [5.74, 6) is 1.80. The number of fused-ring (bicyclic) bond motifs is 1. The van der Waals surface area contributed by atoms with Gasteiger partial charge in [-0.1, -0.05) is 0 Å². The van der Waals surface area contributed by atoms with Gasteiger partial charge in [0.15, 0.2) is 11.5 Å². The Hall–Kier alpha value is -3.22. The molecule has 0 aromatic heterocycles. The van der Waals surface area contributed by atoms with Gasteiger partial charge >= 0.3 is 0 Å². The van der Waals surface area contributed by atoms with Crippen LogP contribution in [0.5, 0.6) is 17.2 Å². The summed E-state index contributed by atoms with van der Waals surface area (Å²) in [5.41, 5.74) is 1.28. The SMILES string of the molecule is CCOc1ccc(C(=O)N[C@H]2CC(=O)N(c3ccc4c(c3)OCCO4)C2)cc1. The van der Waals surface area contributed by atoms with Gasteiger partial charge in [-0.05, 0) is 43.3 Å². The average molecular weight is 382 g/mol. The molecule has 0 bridgehead atoms. The van der Waals surface area contributed by atoms with E-state index in [0.29, 0.717) is 43.4 Å². The summed E-state index contributed by atoms with van der Waals surface area (Å²) in [6.45, 7) is 3.91. The molecule has 146 valence electrons. The zero-order chi connectivity index (χ0) is 19.5. The number of rotatable bonds is 5. The highest BCUT2D eigenvalue weighted by Gasteiger charge is 2.32. The molecule has 2 aromatic carbocycles. The number of hydrogen-bond acceptors (Lipinski definition) is 5. The van der Waals surface area contributed by atoms with Gasteiger partial charge in [0.1, 0.15) is 19.0 Å². The molecule has 2 aromatic rings. The van der Waals surface area contributed by atoms with E-state index in [-0.39, 0.29) is 24.3 Å². The van der Waals surface area contributed by atoms with Crippen LogP contribution >= 0.6 is 0 Å². The molecule has 1 fully saturated rings. The summed E-state index contributed by atoms with van der Waals surface area (Å²) in [5, 5.41) is 2.94. The molecule has 0 unspecified atom stereocenters. The molecule has 4 rings (SSSR count). The second-order valence-electron chi connectivity index (χ2n) is 6.66. The van der Waals surface area contributed by atoms with E-state index >= 15 is 0 Å². The van der Waals surface area contributed by atoms with Gasteiger partial charge in [0, 0.05) is 30.3 Å². The van der Waals surface area contributed by atoms with Crippen LogP contribution in [0.3, 0.4) is 0 Å². The number of carbonyl (C=O) groups is 2. The molecule has 7 nitrogen and oxygen atoms in total. The first-order valence-electron chi connectivity index (χ1n) is 9.38. The van der Waals surface area contributed by atoms with E-state index in [1.165, 1.54) is 0 Å². The molecule has 7 heteroatoms. The molecular formula is C21H22N2O5. The number of benzene rings is 2. The second kappa shape index (κ2) is 7.80. The Morgan fingerprint density at radius 3 is 2.64 bits per heavy atom. The Morgan fingerprint density at radius 1 is 1.14 bits per heavy atom. The molecule has 2 aliphatic heterocycles. The van der Waals surface area contributed by atoms with Gasteiger partial charge in [-0.15, -0.1) is 0 Å². The van der Waals surface area contributed by atoms with Crippen molar-refractivity contribution in [3.63, 3.8) is 0 Å². The van der Waals surface area contributed by atoms with Gasteiger partial charge in [0.25, 0.3) is 5.91 Å². The number of amides is 2. The van der Waals surface area contributed by atoms with Gasteiger partial charge in [-0.25, -0.2) is 0 Å².